The second-order valence-electron chi connectivity index (χ2n) is 3.55. The second kappa shape index (κ2) is 3.87. The Balaban J connectivity index is 1.99. The number of hydrogen-bond donors (Lipinski definition) is 1. The smallest absolute Gasteiger partial charge is 0.138 e. The number of rotatable bonds is 3. The molecule has 0 saturated carbocycles. The quantitative estimate of drug-likeness (QED) is 0.734. The largest absolute Gasteiger partial charge is 0.316 e. The Hall–Kier alpha value is -0.900. The molecule has 1 aromatic heterocycles. The molecule has 1 aliphatic rings. The zero-order valence-corrected chi connectivity index (χ0v) is 8.03. The molecule has 4 nitrogen and oxygen atoms in total. The molecule has 0 aromatic carbocycles. The van der Waals surface area contributed by atoms with Gasteiger partial charge in [-0.05, 0) is 32.4 Å². The topological polar surface area (TPSA) is 42.7 Å². The van der Waals surface area contributed by atoms with Crippen LogP contribution in [-0.4, -0.2) is 27.9 Å². The van der Waals surface area contributed by atoms with Crippen LogP contribution in [0.25, 0.3) is 0 Å². The van der Waals surface area contributed by atoms with Crippen LogP contribution in [0.2, 0.25) is 0 Å². The number of nitrogens with one attached hydrogen (secondary N) is 1. The van der Waals surface area contributed by atoms with Crippen molar-refractivity contribution in [3.8, 4) is 0 Å². The fraction of sp³-hybridized carbons (Fsp3) is 0.778. The van der Waals surface area contributed by atoms with Crippen LogP contribution >= 0.6 is 0 Å². The number of hydrogen-bond acceptors (Lipinski definition) is 3. The standard InChI is InChI=1S/C9H16N4/c1-2-13-9(11-7-12-13)5-8-3-4-10-6-8/h7-8,10H,2-6H2,1H3. The zero-order chi connectivity index (χ0) is 9.10. The lowest BCUT2D eigenvalue weighted by Gasteiger charge is -2.07. The van der Waals surface area contributed by atoms with Gasteiger partial charge in [-0.2, -0.15) is 5.10 Å². The minimum atomic E-state index is 0.759. The van der Waals surface area contributed by atoms with E-state index in [1.54, 1.807) is 6.33 Å². The lowest BCUT2D eigenvalue weighted by Crippen LogP contribution is -2.14. The SMILES string of the molecule is CCn1ncnc1CC1CCNC1. The maximum atomic E-state index is 4.27. The highest BCUT2D eigenvalue weighted by Crippen LogP contribution is 2.12. The second-order valence-corrected chi connectivity index (χ2v) is 3.55. The highest BCUT2D eigenvalue weighted by Gasteiger charge is 2.17. The van der Waals surface area contributed by atoms with E-state index >= 15 is 0 Å². The van der Waals surface area contributed by atoms with E-state index in [-0.39, 0.29) is 0 Å². The average molecular weight is 180 g/mol. The Morgan fingerprint density at radius 1 is 1.69 bits per heavy atom. The van der Waals surface area contributed by atoms with Crippen LogP contribution in [0.5, 0.6) is 0 Å². The Kier molecular flexibility index (Phi) is 2.59. The molecule has 1 N–H and O–H groups in total. The third-order valence-electron chi connectivity index (χ3n) is 2.63. The summed E-state index contributed by atoms with van der Waals surface area (Å²) >= 11 is 0. The average Bonchev–Trinajstić information content (AvgIpc) is 2.76. The molecule has 0 radical (unpaired) electrons. The highest BCUT2D eigenvalue weighted by molar-refractivity contribution is 4.89. The summed E-state index contributed by atoms with van der Waals surface area (Å²) in [6.07, 6.45) is 4.00. The third kappa shape index (κ3) is 1.88. The van der Waals surface area contributed by atoms with Gasteiger partial charge in [0.05, 0.1) is 0 Å². The summed E-state index contributed by atoms with van der Waals surface area (Å²) in [4.78, 5) is 4.27. The van der Waals surface area contributed by atoms with Crippen LogP contribution in [-0.2, 0) is 13.0 Å². The van der Waals surface area contributed by atoms with Crippen molar-refractivity contribution in [3.05, 3.63) is 12.2 Å². The van der Waals surface area contributed by atoms with E-state index in [4.69, 9.17) is 0 Å². The van der Waals surface area contributed by atoms with Gasteiger partial charge >= 0.3 is 0 Å². The van der Waals surface area contributed by atoms with E-state index < -0.39 is 0 Å². The van der Waals surface area contributed by atoms with Crippen molar-refractivity contribution in [3.63, 3.8) is 0 Å². The summed E-state index contributed by atoms with van der Waals surface area (Å²) in [5.41, 5.74) is 0. The van der Waals surface area contributed by atoms with E-state index in [2.05, 4.69) is 22.3 Å². The molecule has 0 aliphatic carbocycles. The minimum Gasteiger partial charge on any atom is -0.316 e. The van der Waals surface area contributed by atoms with E-state index in [1.165, 1.54) is 6.42 Å². The monoisotopic (exact) mass is 180 g/mol. The van der Waals surface area contributed by atoms with Crippen molar-refractivity contribution >= 4 is 0 Å². The van der Waals surface area contributed by atoms with E-state index in [0.717, 1.165) is 37.8 Å². The molecule has 2 rings (SSSR count). The lowest BCUT2D eigenvalue weighted by atomic mass is 10.0. The molecule has 0 spiro atoms. The summed E-state index contributed by atoms with van der Waals surface area (Å²) < 4.78 is 1.98. The van der Waals surface area contributed by atoms with E-state index in [0.29, 0.717) is 0 Å². The molecule has 1 saturated heterocycles. The Labute approximate surface area is 78.4 Å². The first-order valence-corrected chi connectivity index (χ1v) is 4.97. The van der Waals surface area contributed by atoms with Gasteiger partial charge in [0.15, 0.2) is 0 Å². The van der Waals surface area contributed by atoms with Gasteiger partial charge in [-0.25, -0.2) is 4.98 Å². The van der Waals surface area contributed by atoms with Crippen LogP contribution in [0.15, 0.2) is 6.33 Å². The van der Waals surface area contributed by atoms with Crippen molar-refractivity contribution in [1.82, 2.24) is 20.1 Å². The van der Waals surface area contributed by atoms with E-state index in [1.807, 2.05) is 4.68 Å². The van der Waals surface area contributed by atoms with Crippen LogP contribution in [0.4, 0.5) is 0 Å². The molecular weight excluding hydrogens is 164 g/mol. The third-order valence-corrected chi connectivity index (χ3v) is 2.63. The van der Waals surface area contributed by atoms with Gasteiger partial charge in [0.1, 0.15) is 12.2 Å². The normalized spacial score (nSPS) is 22.4. The predicted octanol–water partition coefficient (Wildman–Crippen LogP) is 0.450. The van der Waals surface area contributed by atoms with Crippen molar-refractivity contribution < 1.29 is 0 Å². The molecular formula is C9H16N4. The predicted molar refractivity (Wildman–Crippen MR) is 50.4 cm³/mol. The van der Waals surface area contributed by atoms with Crippen LogP contribution in [0.3, 0.4) is 0 Å². The van der Waals surface area contributed by atoms with Gasteiger partial charge < -0.3 is 5.32 Å². The van der Waals surface area contributed by atoms with Crippen LogP contribution in [0, 0.1) is 5.92 Å². The fourth-order valence-corrected chi connectivity index (χ4v) is 1.86. The Morgan fingerprint density at radius 3 is 3.31 bits per heavy atom. The molecule has 1 unspecified atom stereocenters. The minimum absolute atomic E-state index is 0.759. The maximum Gasteiger partial charge on any atom is 0.138 e. The molecule has 0 bridgehead atoms. The molecule has 13 heavy (non-hydrogen) atoms. The maximum absolute atomic E-state index is 4.27. The molecule has 1 aliphatic heterocycles. The summed E-state index contributed by atoms with van der Waals surface area (Å²) in [6, 6.07) is 0. The van der Waals surface area contributed by atoms with Crippen LogP contribution in [0.1, 0.15) is 19.2 Å². The van der Waals surface area contributed by atoms with Crippen molar-refractivity contribution in [2.45, 2.75) is 26.3 Å². The Bertz CT molecular complexity index is 262. The summed E-state index contributed by atoms with van der Waals surface area (Å²) in [7, 11) is 0. The molecule has 4 heteroatoms. The van der Waals surface area contributed by atoms with Gasteiger partial charge in [-0.1, -0.05) is 0 Å². The molecule has 1 atom stereocenters. The molecule has 72 valence electrons. The van der Waals surface area contributed by atoms with Gasteiger partial charge in [0, 0.05) is 13.0 Å². The fourth-order valence-electron chi connectivity index (χ4n) is 1.86. The molecule has 2 heterocycles. The first kappa shape index (κ1) is 8.69. The van der Waals surface area contributed by atoms with Crippen molar-refractivity contribution in [2.24, 2.45) is 5.92 Å². The van der Waals surface area contributed by atoms with Crippen molar-refractivity contribution in [1.29, 1.82) is 0 Å². The molecule has 0 amide bonds. The first-order valence-electron chi connectivity index (χ1n) is 4.97. The summed E-state index contributed by atoms with van der Waals surface area (Å²) in [6.45, 7) is 5.32. The number of aryl methyl sites for hydroxylation is 1. The number of nitrogens with zero attached hydrogens (tertiary/aromatic N) is 3. The molecule has 1 aromatic rings. The van der Waals surface area contributed by atoms with E-state index in [9.17, 15) is 0 Å². The van der Waals surface area contributed by atoms with Gasteiger partial charge in [0.25, 0.3) is 0 Å². The number of aromatic nitrogens is 3. The van der Waals surface area contributed by atoms with Gasteiger partial charge in [-0.3, -0.25) is 4.68 Å². The lowest BCUT2D eigenvalue weighted by molar-refractivity contribution is 0.521. The Morgan fingerprint density at radius 2 is 2.62 bits per heavy atom. The van der Waals surface area contributed by atoms with Crippen molar-refractivity contribution in [2.75, 3.05) is 13.1 Å². The highest BCUT2D eigenvalue weighted by atomic mass is 15.3. The summed E-state index contributed by atoms with van der Waals surface area (Å²) in [5, 5.41) is 7.53. The van der Waals surface area contributed by atoms with Gasteiger partial charge in [0.2, 0.25) is 0 Å². The van der Waals surface area contributed by atoms with Crippen LogP contribution < -0.4 is 5.32 Å². The zero-order valence-electron chi connectivity index (χ0n) is 8.03. The van der Waals surface area contributed by atoms with Gasteiger partial charge in [-0.15, -0.1) is 0 Å². The first-order chi connectivity index (χ1) is 6.40. The molecule has 1 fully saturated rings. The summed E-state index contributed by atoms with van der Waals surface area (Å²) in [5.74, 6) is 1.89.